The Hall–Kier alpha value is -0.0800. The van der Waals surface area contributed by atoms with Crippen molar-refractivity contribution in [1.29, 1.82) is 0 Å². The van der Waals surface area contributed by atoms with Gasteiger partial charge in [0.15, 0.2) is 0 Å². The maximum Gasteiger partial charge on any atom is 0.00612 e. The van der Waals surface area contributed by atoms with Gasteiger partial charge in [0.2, 0.25) is 0 Å². The van der Waals surface area contributed by atoms with Crippen LogP contribution in [-0.2, 0) is 0 Å². The van der Waals surface area contributed by atoms with Crippen molar-refractivity contribution in [3.63, 3.8) is 0 Å². The Kier molecular flexibility index (Phi) is 7.51. The summed E-state index contributed by atoms with van der Waals surface area (Å²) in [7, 11) is 4.23. The molecular weight excluding hydrogens is 148 g/mol. The van der Waals surface area contributed by atoms with Gasteiger partial charge in [-0.3, -0.25) is 0 Å². The zero-order chi connectivity index (χ0) is 9.40. The van der Waals surface area contributed by atoms with E-state index in [-0.39, 0.29) is 0 Å². The van der Waals surface area contributed by atoms with Gasteiger partial charge in [0, 0.05) is 6.04 Å². The largest absolute Gasteiger partial charge is 0.320 e. The maximum atomic E-state index is 3.17. The number of hydrogen-bond acceptors (Lipinski definition) is 2. The van der Waals surface area contributed by atoms with Crippen molar-refractivity contribution in [3.05, 3.63) is 0 Å². The lowest BCUT2D eigenvalue weighted by atomic mass is 10.2. The van der Waals surface area contributed by atoms with Crippen LogP contribution in [0.15, 0.2) is 0 Å². The molecule has 0 saturated heterocycles. The normalized spacial score (nSPS) is 13.8. The molecule has 1 unspecified atom stereocenters. The maximum absolute atomic E-state index is 3.17. The molecular formula is C10H24N2. The number of unbranched alkanes of at least 4 members (excludes halogenated alkanes) is 1. The third-order valence-electron chi connectivity index (χ3n) is 2.53. The lowest BCUT2D eigenvalue weighted by molar-refractivity contribution is 0.247. The van der Waals surface area contributed by atoms with Crippen molar-refractivity contribution in [1.82, 2.24) is 10.2 Å². The molecule has 0 radical (unpaired) electrons. The highest BCUT2D eigenvalue weighted by Crippen LogP contribution is 2.01. The van der Waals surface area contributed by atoms with E-state index in [4.69, 9.17) is 0 Å². The van der Waals surface area contributed by atoms with Crippen molar-refractivity contribution in [2.24, 2.45) is 0 Å². The molecule has 0 aromatic carbocycles. The molecule has 2 heteroatoms. The molecule has 0 aliphatic carbocycles. The molecule has 1 N–H and O–H groups in total. The first-order valence-corrected chi connectivity index (χ1v) is 5.07. The predicted molar refractivity (Wildman–Crippen MR) is 55.5 cm³/mol. The molecule has 0 bridgehead atoms. The Bertz CT molecular complexity index is 93.8. The first-order valence-electron chi connectivity index (χ1n) is 5.07. The number of nitrogens with one attached hydrogen (secondary N) is 1. The summed E-state index contributed by atoms with van der Waals surface area (Å²) in [6.07, 6.45) is 3.85. The van der Waals surface area contributed by atoms with Crippen LogP contribution in [0.1, 0.15) is 33.1 Å². The Balaban J connectivity index is 3.24. The summed E-state index contributed by atoms with van der Waals surface area (Å²) >= 11 is 0. The molecule has 0 aliphatic rings. The van der Waals surface area contributed by atoms with E-state index in [0.717, 1.165) is 12.6 Å². The van der Waals surface area contributed by atoms with Crippen LogP contribution in [0, 0.1) is 0 Å². The van der Waals surface area contributed by atoms with Crippen LogP contribution in [0.4, 0.5) is 0 Å². The summed E-state index contributed by atoms with van der Waals surface area (Å²) in [4.78, 5) is 2.44. The highest BCUT2D eigenvalue weighted by atomic mass is 15.1. The van der Waals surface area contributed by atoms with Gasteiger partial charge < -0.3 is 10.2 Å². The zero-order valence-electron chi connectivity index (χ0n) is 9.06. The predicted octanol–water partition coefficient (Wildman–Crippen LogP) is 1.72. The molecule has 0 saturated carbocycles. The van der Waals surface area contributed by atoms with Crippen molar-refractivity contribution in [3.8, 4) is 0 Å². The van der Waals surface area contributed by atoms with Crippen molar-refractivity contribution in [2.75, 3.05) is 27.2 Å². The average molecular weight is 172 g/mol. The first kappa shape index (κ1) is 11.9. The van der Waals surface area contributed by atoms with Crippen LogP contribution in [0.5, 0.6) is 0 Å². The smallest absolute Gasteiger partial charge is 0.00612 e. The van der Waals surface area contributed by atoms with Crippen molar-refractivity contribution >= 4 is 0 Å². The monoisotopic (exact) mass is 172 g/mol. The molecule has 0 aromatic heterocycles. The Labute approximate surface area is 77.3 Å². The van der Waals surface area contributed by atoms with Gasteiger partial charge in [-0.15, -0.1) is 0 Å². The van der Waals surface area contributed by atoms with E-state index in [2.05, 4.69) is 31.1 Å². The molecule has 0 aliphatic heterocycles. The summed E-state index contributed by atoms with van der Waals surface area (Å²) in [5.41, 5.74) is 0. The fourth-order valence-electron chi connectivity index (χ4n) is 1.20. The van der Waals surface area contributed by atoms with Crippen molar-refractivity contribution < 1.29 is 0 Å². The van der Waals surface area contributed by atoms with E-state index in [1.54, 1.807) is 0 Å². The molecule has 12 heavy (non-hydrogen) atoms. The average Bonchev–Trinajstić information content (AvgIpc) is 2.10. The molecule has 0 rings (SSSR count). The van der Waals surface area contributed by atoms with Crippen LogP contribution in [0.25, 0.3) is 0 Å². The topological polar surface area (TPSA) is 15.3 Å². The van der Waals surface area contributed by atoms with Gasteiger partial charge in [0.05, 0.1) is 0 Å². The third kappa shape index (κ3) is 5.56. The molecule has 2 nitrogen and oxygen atoms in total. The minimum atomic E-state index is 0.736. The summed E-state index contributed by atoms with van der Waals surface area (Å²) in [6.45, 7) is 6.91. The van der Waals surface area contributed by atoms with E-state index in [9.17, 15) is 0 Å². The Morgan fingerprint density at radius 3 is 2.50 bits per heavy atom. The van der Waals surface area contributed by atoms with Gasteiger partial charge in [-0.2, -0.15) is 0 Å². The van der Waals surface area contributed by atoms with E-state index in [1.807, 2.05) is 7.05 Å². The van der Waals surface area contributed by atoms with Crippen LogP contribution < -0.4 is 5.32 Å². The minimum absolute atomic E-state index is 0.736. The molecule has 0 fully saturated rings. The Morgan fingerprint density at radius 2 is 2.00 bits per heavy atom. The second kappa shape index (κ2) is 7.56. The highest BCUT2D eigenvalue weighted by Gasteiger charge is 2.04. The molecule has 1 atom stereocenters. The summed E-state index contributed by atoms with van der Waals surface area (Å²) in [5, 5.41) is 3.17. The first-order chi connectivity index (χ1) is 5.72. The van der Waals surface area contributed by atoms with E-state index < -0.39 is 0 Å². The molecule has 74 valence electrons. The van der Waals surface area contributed by atoms with Crippen LogP contribution in [0.3, 0.4) is 0 Å². The lowest BCUT2D eigenvalue weighted by Gasteiger charge is -2.23. The third-order valence-corrected chi connectivity index (χ3v) is 2.53. The van der Waals surface area contributed by atoms with Gasteiger partial charge in [-0.1, -0.05) is 6.92 Å². The molecule has 0 amide bonds. The van der Waals surface area contributed by atoms with Gasteiger partial charge >= 0.3 is 0 Å². The second-order valence-electron chi connectivity index (χ2n) is 3.55. The minimum Gasteiger partial charge on any atom is -0.320 e. The zero-order valence-corrected chi connectivity index (χ0v) is 9.06. The standard InChI is InChI=1S/C10H24N2/c1-5-10(2)12(4)9-7-6-8-11-3/h10-11H,5-9H2,1-4H3. The fraction of sp³-hybridized carbons (Fsp3) is 1.00. The summed E-state index contributed by atoms with van der Waals surface area (Å²) in [5.74, 6) is 0. The number of nitrogens with zero attached hydrogens (tertiary/aromatic N) is 1. The van der Waals surface area contributed by atoms with Crippen LogP contribution >= 0.6 is 0 Å². The van der Waals surface area contributed by atoms with E-state index in [1.165, 1.54) is 25.8 Å². The molecule has 0 heterocycles. The van der Waals surface area contributed by atoms with Gasteiger partial charge in [-0.05, 0) is 53.4 Å². The van der Waals surface area contributed by atoms with Gasteiger partial charge in [0.1, 0.15) is 0 Å². The number of rotatable bonds is 7. The fourth-order valence-corrected chi connectivity index (χ4v) is 1.20. The summed E-state index contributed by atoms with van der Waals surface area (Å²) < 4.78 is 0. The molecule has 0 spiro atoms. The SMILES string of the molecule is CCC(C)N(C)CCCCNC. The van der Waals surface area contributed by atoms with Crippen molar-refractivity contribution in [2.45, 2.75) is 39.2 Å². The highest BCUT2D eigenvalue weighted by molar-refractivity contribution is 4.60. The summed E-state index contributed by atoms with van der Waals surface area (Å²) in [6, 6.07) is 0.736. The quantitative estimate of drug-likeness (QED) is 0.588. The Morgan fingerprint density at radius 1 is 1.33 bits per heavy atom. The van der Waals surface area contributed by atoms with E-state index >= 15 is 0 Å². The molecule has 0 aromatic rings. The van der Waals surface area contributed by atoms with Gasteiger partial charge in [-0.25, -0.2) is 0 Å². The van der Waals surface area contributed by atoms with Crippen LogP contribution in [-0.4, -0.2) is 38.1 Å². The lowest BCUT2D eigenvalue weighted by Crippen LogP contribution is -2.29. The second-order valence-corrected chi connectivity index (χ2v) is 3.55. The number of hydrogen-bond donors (Lipinski definition) is 1. The van der Waals surface area contributed by atoms with Gasteiger partial charge in [0.25, 0.3) is 0 Å². The van der Waals surface area contributed by atoms with Crippen LogP contribution in [0.2, 0.25) is 0 Å². The van der Waals surface area contributed by atoms with E-state index in [0.29, 0.717) is 0 Å².